The lowest BCUT2D eigenvalue weighted by molar-refractivity contribution is -0.384. The average Bonchev–Trinajstić information content (AvgIpc) is 2.95. The van der Waals surface area contributed by atoms with E-state index in [0.717, 1.165) is 11.3 Å². The van der Waals surface area contributed by atoms with E-state index in [2.05, 4.69) is 17.5 Å². The van der Waals surface area contributed by atoms with Gasteiger partial charge in [-0.1, -0.05) is 13.0 Å². The van der Waals surface area contributed by atoms with Crippen LogP contribution in [0.4, 0.5) is 5.69 Å². The maximum Gasteiger partial charge on any atom is 0.271 e. The Kier molecular flexibility index (Phi) is 4.78. The normalized spacial score (nSPS) is 10.7. The number of nitrogens with zero attached hydrogens (tertiary/aromatic N) is 2. The number of hydrogen-bond donors (Lipinski definition) is 1. The summed E-state index contributed by atoms with van der Waals surface area (Å²) in [4.78, 5) is 24.1. The van der Waals surface area contributed by atoms with Gasteiger partial charge in [-0.3, -0.25) is 14.9 Å². The first kappa shape index (κ1) is 14.9. The number of amides is 1. The second-order valence-corrected chi connectivity index (χ2v) is 5.36. The molecule has 0 unspecified atom stereocenters. The number of carbonyl (C=O) groups excluding carboxylic acids is 1. The number of nitro benzene ring substituents is 1. The lowest BCUT2D eigenvalue weighted by Gasteiger charge is -1.99. The Morgan fingerprint density at radius 2 is 2.24 bits per heavy atom. The molecule has 2 aromatic rings. The van der Waals surface area contributed by atoms with Gasteiger partial charge in [0.05, 0.1) is 11.1 Å². The number of aryl methyl sites for hydroxylation is 1. The van der Waals surface area contributed by atoms with E-state index in [9.17, 15) is 14.9 Å². The number of hydrazone groups is 1. The molecular formula is C14H13N3O3S. The molecule has 0 aliphatic rings. The fourth-order valence-corrected chi connectivity index (χ4v) is 2.46. The van der Waals surface area contributed by atoms with Crippen molar-refractivity contribution in [2.45, 2.75) is 13.3 Å². The van der Waals surface area contributed by atoms with Crippen LogP contribution in [0.25, 0.3) is 0 Å². The molecule has 0 aliphatic heterocycles. The minimum Gasteiger partial charge on any atom is -0.267 e. The molecule has 1 aromatic heterocycles. The summed E-state index contributed by atoms with van der Waals surface area (Å²) in [6.07, 6.45) is 2.51. The predicted molar refractivity (Wildman–Crippen MR) is 81.9 cm³/mol. The molecule has 0 saturated carbocycles. The Morgan fingerprint density at radius 3 is 2.90 bits per heavy atom. The predicted octanol–water partition coefficient (Wildman–Crippen LogP) is 2.98. The minimum atomic E-state index is -0.544. The van der Waals surface area contributed by atoms with Crippen molar-refractivity contribution >= 4 is 29.1 Å². The van der Waals surface area contributed by atoms with Crippen LogP contribution < -0.4 is 5.43 Å². The summed E-state index contributed by atoms with van der Waals surface area (Å²) < 4.78 is 0. The zero-order valence-electron chi connectivity index (χ0n) is 11.3. The SMILES string of the molecule is CCc1ccc(/C=N/NC(=O)c2cccc([N+](=O)[O-])c2)s1. The van der Waals surface area contributed by atoms with Crippen molar-refractivity contribution in [2.24, 2.45) is 5.10 Å². The van der Waals surface area contributed by atoms with Crippen LogP contribution in [0.15, 0.2) is 41.5 Å². The molecule has 0 spiro atoms. The smallest absolute Gasteiger partial charge is 0.267 e. The Balaban J connectivity index is 2.01. The quantitative estimate of drug-likeness (QED) is 0.523. The summed E-state index contributed by atoms with van der Waals surface area (Å²) in [6.45, 7) is 2.07. The van der Waals surface area contributed by atoms with Gasteiger partial charge in [0.1, 0.15) is 0 Å². The van der Waals surface area contributed by atoms with E-state index in [0.29, 0.717) is 0 Å². The van der Waals surface area contributed by atoms with Gasteiger partial charge in [-0.15, -0.1) is 11.3 Å². The molecule has 0 atom stereocenters. The number of hydrogen-bond acceptors (Lipinski definition) is 5. The molecule has 108 valence electrons. The van der Waals surface area contributed by atoms with E-state index in [1.54, 1.807) is 17.6 Å². The van der Waals surface area contributed by atoms with Crippen LogP contribution >= 0.6 is 11.3 Å². The lowest BCUT2D eigenvalue weighted by atomic mass is 10.2. The molecule has 21 heavy (non-hydrogen) atoms. The summed E-state index contributed by atoms with van der Waals surface area (Å²) in [5.74, 6) is -0.484. The van der Waals surface area contributed by atoms with Gasteiger partial charge >= 0.3 is 0 Å². The number of nitrogens with one attached hydrogen (secondary N) is 1. The van der Waals surface area contributed by atoms with Gasteiger partial charge in [-0.05, 0) is 24.6 Å². The summed E-state index contributed by atoms with van der Waals surface area (Å²) in [5.41, 5.74) is 2.42. The van der Waals surface area contributed by atoms with Crippen LogP contribution in [0.1, 0.15) is 27.0 Å². The van der Waals surface area contributed by atoms with Crippen molar-refractivity contribution in [3.63, 3.8) is 0 Å². The summed E-state index contributed by atoms with van der Waals surface area (Å²) in [7, 11) is 0. The van der Waals surface area contributed by atoms with E-state index >= 15 is 0 Å². The molecule has 0 aliphatic carbocycles. The molecule has 0 fully saturated rings. The molecule has 0 bridgehead atoms. The van der Waals surface area contributed by atoms with Crippen LogP contribution in [0.2, 0.25) is 0 Å². The third kappa shape index (κ3) is 3.96. The highest BCUT2D eigenvalue weighted by molar-refractivity contribution is 7.13. The minimum absolute atomic E-state index is 0.127. The van der Waals surface area contributed by atoms with E-state index in [1.165, 1.54) is 29.1 Å². The highest BCUT2D eigenvalue weighted by atomic mass is 32.1. The number of nitro groups is 1. The van der Waals surface area contributed by atoms with Crippen molar-refractivity contribution in [1.82, 2.24) is 5.43 Å². The van der Waals surface area contributed by atoms with Crippen molar-refractivity contribution in [3.8, 4) is 0 Å². The molecule has 1 N–H and O–H groups in total. The second kappa shape index (κ2) is 6.76. The third-order valence-electron chi connectivity index (χ3n) is 2.71. The molecule has 2 rings (SSSR count). The van der Waals surface area contributed by atoms with Gasteiger partial charge < -0.3 is 0 Å². The Labute approximate surface area is 125 Å². The topological polar surface area (TPSA) is 84.6 Å². The summed E-state index contributed by atoms with van der Waals surface area (Å²) in [5, 5.41) is 14.5. The zero-order chi connectivity index (χ0) is 15.2. The largest absolute Gasteiger partial charge is 0.271 e. The standard InChI is InChI=1S/C14H13N3O3S/c1-2-12-6-7-13(21-12)9-15-16-14(18)10-4-3-5-11(8-10)17(19)20/h3-9H,2H2,1H3,(H,16,18)/b15-9+. The van der Waals surface area contributed by atoms with E-state index in [-0.39, 0.29) is 11.3 Å². The lowest BCUT2D eigenvalue weighted by Crippen LogP contribution is -2.17. The molecule has 1 amide bonds. The number of benzene rings is 1. The summed E-state index contributed by atoms with van der Waals surface area (Å²) >= 11 is 1.60. The van der Waals surface area contributed by atoms with Crippen molar-refractivity contribution in [1.29, 1.82) is 0 Å². The fraction of sp³-hybridized carbons (Fsp3) is 0.143. The first-order chi connectivity index (χ1) is 10.1. The number of non-ortho nitro benzene ring substituents is 1. The molecule has 0 radical (unpaired) electrons. The number of carbonyl (C=O) groups is 1. The Morgan fingerprint density at radius 1 is 1.43 bits per heavy atom. The van der Waals surface area contributed by atoms with Crippen molar-refractivity contribution in [2.75, 3.05) is 0 Å². The van der Waals surface area contributed by atoms with Gasteiger partial charge in [0.15, 0.2) is 0 Å². The van der Waals surface area contributed by atoms with Crippen LogP contribution in [-0.2, 0) is 6.42 Å². The molecule has 1 heterocycles. The maximum absolute atomic E-state index is 11.8. The van der Waals surface area contributed by atoms with E-state index in [1.807, 2.05) is 12.1 Å². The van der Waals surface area contributed by atoms with Crippen LogP contribution in [0.5, 0.6) is 0 Å². The molecule has 0 saturated heterocycles. The summed E-state index contributed by atoms with van der Waals surface area (Å²) in [6, 6.07) is 9.44. The third-order valence-corrected chi connectivity index (χ3v) is 3.87. The van der Waals surface area contributed by atoms with Gasteiger partial charge in [0, 0.05) is 27.5 Å². The highest BCUT2D eigenvalue weighted by Gasteiger charge is 2.10. The first-order valence-corrected chi connectivity index (χ1v) is 7.08. The second-order valence-electron chi connectivity index (χ2n) is 4.16. The molecule has 1 aromatic carbocycles. The number of thiophene rings is 1. The average molecular weight is 303 g/mol. The van der Waals surface area contributed by atoms with E-state index in [4.69, 9.17) is 0 Å². The van der Waals surface area contributed by atoms with Gasteiger partial charge in [-0.25, -0.2) is 5.43 Å². The highest BCUT2D eigenvalue weighted by Crippen LogP contribution is 2.15. The molecular weight excluding hydrogens is 290 g/mol. The maximum atomic E-state index is 11.8. The van der Waals surface area contributed by atoms with Gasteiger partial charge in [0.25, 0.3) is 11.6 Å². The molecule has 6 nitrogen and oxygen atoms in total. The van der Waals surface area contributed by atoms with Gasteiger partial charge in [-0.2, -0.15) is 5.10 Å². The van der Waals surface area contributed by atoms with E-state index < -0.39 is 10.8 Å². The Hall–Kier alpha value is -2.54. The van der Waals surface area contributed by atoms with Gasteiger partial charge in [0.2, 0.25) is 0 Å². The van der Waals surface area contributed by atoms with Crippen LogP contribution in [0.3, 0.4) is 0 Å². The van der Waals surface area contributed by atoms with Crippen molar-refractivity contribution < 1.29 is 9.72 Å². The van der Waals surface area contributed by atoms with Crippen molar-refractivity contribution in [3.05, 3.63) is 61.8 Å². The molecule has 7 heteroatoms. The monoisotopic (exact) mass is 303 g/mol. The fourth-order valence-electron chi connectivity index (χ4n) is 1.63. The van der Waals surface area contributed by atoms with Crippen LogP contribution in [0, 0.1) is 10.1 Å². The first-order valence-electron chi connectivity index (χ1n) is 6.26. The van der Waals surface area contributed by atoms with Crippen LogP contribution in [-0.4, -0.2) is 17.0 Å². The Bertz CT molecular complexity index is 694. The number of rotatable bonds is 5. The zero-order valence-corrected chi connectivity index (χ0v) is 12.1.